The molecule has 0 unspecified atom stereocenters. The molecule has 1 heterocycles. The summed E-state index contributed by atoms with van der Waals surface area (Å²) in [5.41, 5.74) is 1.19. The van der Waals surface area contributed by atoms with Gasteiger partial charge >= 0.3 is 0 Å². The normalized spacial score (nSPS) is 10.9. The first-order valence-electron chi connectivity index (χ1n) is 5.93. The lowest BCUT2D eigenvalue weighted by molar-refractivity contribution is 0.595. The number of nitrogens with one attached hydrogen (secondary N) is 1. The van der Waals surface area contributed by atoms with Gasteiger partial charge in [0.2, 0.25) is 0 Å². The molecule has 0 saturated carbocycles. The van der Waals surface area contributed by atoms with E-state index < -0.39 is 0 Å². The predicted octanol–water partition coefficient (Wildman–Crippen LogP) is 3.46. The molecule has 0 atom stereocenters. The summed E-state index contributed by atoms with van der Waals surface area (Å²) >= 11 is 3.68. The van der Waals surface area contributed by atoms with Crippen LogP contribution in [-0.4, -0.2) is 23.5 Å². The molecule has 0 spiro atoms. The van der Waals surface area contributed by atoms with Crippen LogP contribution in [0.5, 0.6) is 0 Å². The second-order valence-electron chi connectivity index (χ2n) is 3.94. The molecule has 0 fully saturated rings. The monoisotopic (exact) mass is 258 g/mol. The van der Waals surface area contributed by atoms with E-state index in [9.17, 15) is 0 Å². The third-order valence-electron chi connectivity index (χ3n) is 2.42. The highest BCUT2D eigenvalue weighted by atomic mass is 32.2. The molecular weight excluding hydrogens is 236 g/mol. The maximum absolute atomic E-state index is 4.42. The molecule has 0 radical (unpaired) electrons. The summed E-state index contributed by atoms with van der Waals surface area (Å²) in [7, 11) is 0. The average Bonchev–Trinajstić information content (AvgIpc) is 2.68. The number of thiazole rings is 1. The van der Waals surface area contributed by atoms with Crippen molar-refractivity contribution < 1.29 is 0 Å². The highest BCUT2D eigenvalue weighted by molar-refractivity contribution is 7.98. The number of nitrogens with zero attached hydrogens (tertiary/aromatic N) is 1. The van der Waals surface area contributed by atoms with E-state index >= 15 is 0 Å². The fourth-order valence-corrected chi connectivity index (χ4v) is 2.66. The van der Waals surface area contributed by atoms with Crippen molar-refractivity contribution in [2.75, 3.05) is 18.6 Å². The Kier molecular flexibility index (Phi) is 7.89. The molecule has 0 aromatic carbocycles. The zero-order valence-electron chi connectivity index (χ0n) is 10.3. The Morgan fingerprint density at radius 2 is 2.12 bits per heavy atom. The van der Waals surface area contributed by atoms with E-state index in [0.29, 0.717) is 0 Å². The number of rotatable bonds is 9. The lowest BCUT2D eigenvalue weighted by atomic mass is 10.2. The summed E-state index contributed by atoms with van der Waals surface area (Å²) in [6.45, 7) is 4.10. The summed E-state index contributed by atoms with van der Waals surface area (Å²) in [6, 6.07) is 0. The van der Waals surface area contributed by atoms with Gasteiger partial charge in [0.05, 0.1) is 10.7 Å². The fourth-order valence-electron chi connectivity index (χ4n) is 1.56. The molecule has 1 aromatic rings. The standard InChI is InChI=1S/C12H22N2S2/c1-11-14-12(10-16-11)9-13-7-5-3-4-6-8-15-2/h10,13H,3-9H2,1-2H3. The zero-order valence-corrected chi connectivity index (χ0v) is 11.9. The van der Waals surface area contributed by atoms with E-state index in [0.717, 1.165) is 18.1 Å². The Labute approximate surface area is 107 Å². The number of hydrogen-bond donors (Lipinski definition) is 1. The summed E-state index contributed by atoms with van der Waals surface area (Å²) in [6.07, 6.45) is 7.56. The van der Waals surface area contributed by atoms with Crippen LogP contribution in [0.2, 0.25) is 0 Å². The van der Waals surface area contributed by atoms with E-state index in [1.165, 1.54) is 37.1 Å². The molecule has 0 aliphatic carbocycles. The summed E-state index contributed by atoms with van der Waals surface area (Å²) in [5, 5.41) is 6.75. The highest BCUT2D eigenvalue weighted by Crippen LogP contribution is 2.07. The molecule has 92 valence electrons. The van der Waals surface area contributed by atoms with Gasteiger partial charge in [-0.2, -0.15) is 11.8 Å². The van der Waals surface area contributed by atoms with Gasteiger partial charge in [-0.15, -0.1) is 11.3 Å². The van der Waals surface area contributed by atoms with Crippen LogP contribution in [0.25, 0.3) is 0 Å². The van der Waals surface area contributed by atoms with Crippen LogP contribution >= 0.6 is 23.1 Å². The Balaban J connectivity index is 1.88. The van der Waals surface area contributed by atoms with Gasteiger partial charge in [0, 0.05) is 11.9 Å². The van der Waals surface area contributed by atoms with Gasteiger partial charge in [0.1, 0.15) is 0 Å². The minimum Gasteiger partial charge on any atom is -0.311 e. The van der Waals surface area contributed by atoms with Crippen molar-refractivity contribution in [2.45, 2.75) is 39.2 Å². The second-order valence-corrected chi connectivity index (χ2v) is 5.99. The molecule has 16 heavy (non-hydrogen) atoms. The average molecular weight is 258 g/mol. The van der Waals surface area contributed by atoms with Crippen LogP contribution in [0.15, 0.2) is 5.38 Å². The van der Waals surface area contributed by atoms with Crippen molar-refractivity contribution in [3.05, 3.63) is 16.1 Å². The summed E-state index contributed by atoms with van der Waals surface area (Å²) in [4.78, 5) is 4.42. The molecule has 4 heteroatoms. The van der Waals surface area contributed by atoms with Gasteiger partial charge in [-0.3, -0.25) is 0 Å². The molecule has 0 bridgehead atoms. The van der Waals surface area contributed by atoms with Crippen LogP contribution in [-0.2, 0) is 6.54 Å². The topological polar surface area (TPSA) is 24.9 Å². The number of hydrogen-bond acceptors (Lipinski definition) is 4. The molecule has 1 aromatic heterocycles. The summed E-state index contributed by atoms with van der Waals surface area (Å²) in [5.74, 6) is 1.31. The van der Waals surface area contributed by atoms with Crippen molar-refractivity contribution >= 4 is 23.1 Å². The van der Waals surface area contributed by atoms with Gasteiger partial charge in [0.25, 0.3) is 0 Å². The van der Waals surface area contributed by atoms with Crippen LogP contribution in [0.4, 0.5) is 0 Å². The van der Waals surface area contributed by atoms with Gasteiger partial charge < -0.3 is 5.32 Å². The largest absolute Gasteiger partial charge is 0.311 e. The zero-order chi connectivity index (χ0) is 11.6. The number of thioether (sulfide) groups is 1. The fraction of sp³-hybridized carbons (Fsp3) is 0.750. The van der Waals surface area contributed by atoms with Crippen molar-refractivity contribution in [3.8, 4) is 0 Å². The molecule has 1 N–H and O–H groups in total. The lowest BCUT2D eigenvalue weighted by Gasteiger charge is -2.02. The maximum atomic E-state index is 4.42. The van der Waals surface area contributed by atoms with Crippen LogP contribution in [0.3, 0.4) is 0 Å². The van der Waals surface area contributed by atoms with E-state index in [4.69, 9.17) is 0 Å². The van der Waals surface area contributed by atoms with Crippen LogP contribution in [0.1, 0.15) is 36.4 Å². The van der Waals surface area contributed by atoms with Crippen LogP contribution < -0.4 is 5.32 Å². The molecule has 1 rings (SSSR count). The SMILES string of the molecule is CSCCCCCCNCc1csc(C)n1. The first kappa shape index (κ1) is 14.0. The summed E-state index contributed by atoms with van der Waals surface area (Å²) < 4.78 is 0. The number of unbranched alkanes of at least 4 members (excludes halogenated alkanes) is 3. The minimum atomic E-state index is 0.926. The minimum absolute atomic E-state index is 0.926. The molecule has 0 aliphatic rings. The van der Waals surface area contributed by atoms with Crippen LogP contribution in [0, 0.1) is 6.92 Å². The first-order chi connectivity index (χ1) is 7.83. The molecule has 0 aliphatic heterocycles. The Morgan fingerprint density at radius 3 is 2.81 bits per heavy atom. The highest BCUT2D eigenvalue weighted by Gasteiger charge is 1.96. The van der Waals surface area contributed by atoms with Crippen molar-refractivity contribution in [1.82, 2.24) is 10.3 Å². The molecular formula is C12H22N2S2. The smallest absolute Gasteiger partial charge is 0.0897 e. The Bertz CT molecular complexity index is 274. The van der Waals surface area contributed by atoms with E-state index in [1.54, 1.807) is 11.3 Å². The van der Waals surface area contributed by atoms with Gasteiger partial charge in [-0.25, -0.2) is 4.98 Å². The van der Waals surface area contributed by atoms with Gasteiger partial charge in [0.15, 0.2) is 0 Å². The van der Waals surface area contributed by atoms with Crippen molar-refractivity contribution in [1.29, 1.82) is 0 Å². The van der Waals surface area contributed by atoms with Gasteiger partial charge in [-0.05, 0) is 38.3 Å². The quantitative estimate of drug-likeness (QED) is 0.687. The third-order valence-corrected chi connectivity index (χ3v) is 3.94. The second kappa shape index (κ2) is 9.02. The first-order valence-corrected chi connectivity index (χ1v) is 8.21. The van der Waals surface area contributed by atoms with Crippen molar-refractivity contribution in [3.63, 3.8) is 0 Å². The number of aromatic nitrogens is 1. The van der Waals surface area contributed by atoms with E-state index in [1.807, 2.05) is 11.8 Å². The molecule has 0 saturated heterocycles. The van der Waals surface area contributed by atoms with Gasteiger partial charge in [-0.1, -0.05) is 12.8 Å². The predicted molar refractivity (Wildman–Crippen MR) is 75.4 cm³/mol. The molecule has 0 amide bonds. The lowest BCUT2D eigenvalue weighted by Crippen LogP contribution is -2.14. The third kappa shape index (κ3) is 6.51. The Morgan fingerprint density at radius 1 is 1.31 bits per heavy atom. The molecule has 2 nitrogen and oxygen atoms in total. The van der Waals surface area contributed by atoms with Crippen molar-refractivity contribution in [2.24, 2.45) is 0 Å². The van der Waals surface area contributed by atoms with E-state index in [2.05, 4.69) is 28.9 Å². The Hall–Kier alpha value is -0.0600. The van der Waals surface area contributed by atoms with E-state index in [-0.39, 0.29) is 0 Å². The maximum Gasteiger partial charge on any atom is 0.0897 e. The number of aryl methyl sites for hydroxylation is 1.